The molecule has 0 aromatic carbocycles. The molecule has 2 heterocycles. The average Bonchev–Trinajstić information content (AvgIpc) is 3.04. The predicted octanol–water partition coefficient (Wildman–Crippen LogP) is 3.25. The first-order chi connectivity index (χ1) is 10.1. The van der Waals surface area contributed by atoms with Gasteiger partial charge in [-0.15, -0.1) is 28.1 Å². The van der Waals surface area contributed by atoms with E-state index in [0.717, 1.165) is 8.66 Å². The number of nitrogens with zero attached hydrogens (tertiary/aromatic N) is 3. The van der Waals surface area contributed by atoms with Gasteiger partial charge in [0.25, 0.3) is 0 Å². The van der Waals surface area contributed by atoms with Crippen LogP contribution in [0.25, 0.3) is 0 Å². The van der Waals surface area contributed by atoms with E-state index < -0.39 is 0 Å². The molecule has 2 aromatic heterocycles. The van der Waals surface area contributed by atoms with E-state index in [0.29, 0.717) is 28.3 Å². The molecule has 112 valence electrons. The number of hydrogen-bond acceptors (Lipinski definition) is 7. The standard InChI is InChI=1S/C12H13BrN4OS3/c1-2-5-17(6-8-3-4-9(13)20-8)10(18)7-19-12-16-15-11(14)21-12/h2-4H,1,5-7H2,(H2,14,15). The van der Waals surface area contributed by atoms with Crippen molar-refractivity contribution in [1.29, 1.82) is 0 Å². The second-order valence-corrected chi connectivity index (χ2v) is 8.74. The van der Waals surface area contributed by atoms with E-state index >= 15 is 0 Å². The third kappa shape index (κ3) is 5.10. The number of thioether (sulfide) groups is 1. The summed E-state index contributed by atoms with van der Waals surface area (Å²) < 4.78 is 1.76. The lowest BCUT2D eigenvalue weighted by Gasteiger charge is -2.19. The molecule has 1 amide bonds. The third-order valence-corrected chi connectivity index (χ3v) is 5.90. The summed E-state index contributed by atoms with van der Waals surface area (Å²) >= 11 is 7.69. The van der Waals surface area contributed by atoms with Gasteiger partial charge in [-0.3, -0.25) is 4.79 Å². The smallest absolute Gasteiger partial charge is 0.233 e. The molecule has 0 unspecified atom stereocenters. The lowest BCUT2D eigenvalue weighted by Crippen LogP contribution is -2.31. The normalized spacial score (nSPS) is 10.5. The van der Waals surface area contributed by atoms with Gasteiger partial charge < -0.3 is 10.6 Å². The Balaban J connectivity index is 1.93. The Morgan fingerprint density at radius 2 is 2.29 bits per heavy atom. The summed E-state index contributed by atoms with van der Waals surface area (Å²) in [5.41, 5.74) is 5.52. The van der Waals surface area contributed by atoms with Gasteiger partial charge in [0, 0.05) is 11.4 Å². The minimum atomic E-state index is 0.0400. The van der Waals surface area contributed by atoms with Gasteiger partial charge in [0.2, 0.25) is 11.0 Å². The van der Waals surface area contributed by atoms with Crippen molar-refractivity contribution in [3.63, 3.8) is 0 Å². The van der Waals surface area contributed by atoms with Crippen molar-refractivity contribution in [3.8, 4) is 0 Å². The molecule has 0 atom stereocenters. The topological polar surface area (TPSA) is 72.1 Å². The molecule has 21 heavy (non-hydrogen) atoms. The zero-order valence-corrected chi connectivity index (χ0v) is 15.0. The molecule has 0 aliphatic rings. The van der Waals surface area contributed by atoms with Crippen LogP contribution in [0, 0.1) is 0 Å². The Morgan fingerprint density at radius 3 is 2.86 bits per heavy atom. The van der Waals surface area contributed by atoms with Crippen LogP contribution >= 0.6 is 50.4 Å². The largest absolute Gasteiger partial charge is 0.374 e. The van der Waals surface area contributed by atoms with E-state index in [-0.39, 0.29) is 5.91 Å². The molecule has 5 nitrogen and oxygen atoms in total. The second kappa shape index (κ2) is 7.92. The maximum atomic E-state index is 12.3. The molecule has 0 radical (unpaired) electrons. The van der Waals surface area contributed by atoms with Crippen molar-refractivity contribution in [2.75, 3.05) is 18.0 Å². The zero-order valence-electron chi connectivity index (χ0n) is 11.0. The Bertz CT molecular complexity index is 628. The van der Waals surface area contributed by atoms with Gasteiger partial charge in [-0.05, 0) is 28.1 Å². The number of aromatic nitrogens is 2. The molecule has 0 aliphatic heterocycles. The number of carbonyl (C=O) groups is 1. The van der Waals surface area contributed by atoms with Crippen molar-refractivity contribution in [1.82, 2.24) is 15.1 Å². The minimum absolute atomic E-state index is 0.0400. The number of amides is 1. The first-order valence-corrected chi connectivity index (χ1v) is 9.34. The predicted molar refractivity (Wildman–Crippen MR) is 92.7 cm³/mol. The summed E-state index contributed by atoms with van der Waals surface area (Å²) in [5.74, 6) is 0.354. The highest BCUT2D eigenvalue weighted by molar-refractivity contribution is 9.11. The van der Waals surface area contributed by atoms with E-state index in [1.165, 1.54) is 23.1 Å². The van der Waals surface area contributed by atoms with E-state index in [2.05, 4.69) is 32.7 Å². The molecular formula is C12H13BrN4OS3. The maximum absolute atomic E-state index is 12.3. The maximum Gasteiger partial charge on any atom is 0.233 e. The first kappa shape index (κ1) is 16.5. The lowest BCUT2D eigenvalue weighted by molar-refractivity contribution is -0.128. The Labute approximate surface area is 143 Å². The molecule has 0 bridgehead atoms. The van der Waals surface area contributed by atoms with Crippen LogP contribution in [0.5, 0.6) is 0 Å². The summed E-state index contributed by atoms with van der Waals surface area (Å²) in [5, 5.41) is 8.03. The highest BCUT2D eigenvalue weighted by Crippen LogP contribution is 2.25. The van der Waals surface area contributed by atoms with E-state index in [1.54, 1.807) is 22.3 Å². The second-order valence-electron chi connectivity index (χ2n) is 3.96. The van der Waals surface area contributed by atoms with Gasteiger partial charge in [-0.2, -0.15) is 0 Å². The van der Waals surface area contributed by atoms with Crippen LogP contribution in [0.15, 0.2) is 32.9 Å². The molecule has 9 heteroatoms. The average molecular weight is 405 g/mol. The highest BCUT2D eigenvalue weighted by atomic mass is 79.9. The van der Waals surface area contributed by atoms with Crippen molar-refractivity contribution in [2.24, 2.45) is 0 Å². The van der Waals surface area contributed by atoms with Gasteiger partial charge in [-0.1, -0.05) is 29.2 Å². The molecule has 2 aromatic rings. The monoisotopic (exact) mass is 404 g/mol. The first-order valence-electron chi connectivity index (χ1n) is 5.93. The van der Waals surface area contributed by atoms with Crippen LogP contribution in [-0.2, 0) is 11.3 Å². The molecular weight excluding hydrogens is 392 g/mol. The number of hydrogen-bond donors (Lipinski definition) is 1. The quantitative estimate of drug-likeness (QED) is 0.566. The van der Waals surface area contributed by atoms with Crippen LogP contribution in [0.3, 0.4) is 0 Å². The fourth-order valence-corrected chi connectivity index (χ4v) is 4.57. The van der Waals surface area contributed by atoms with Crippen molar-refractivity contribution < 1.29 is 4.79 Å². The van der Waals surface area contributed by atoms with Crippen molar-refractivity contribution >= 4 is 61.4 Å². The number of anilines is 1. The van der Waals surface area contributed by atoms with Crippen LogP contribution in [0.4, 0.5) is 5.13 Å². The Kier molecular flexibility index (Phi) is 6.22. The SMILES string of the molecule is C=CCN(Cc1ccc(Br)s1)C(=O)CSc1nnc(N)s1. The molecule has 2 rings (SSSR count). The third-order valence-electron chi connectivity index (χ3n) is 2.42. The van der Waals surface area contributed by atoms with Crippen molar-refractivity contribution in [2.45, 2.75) is 10.9 Å². The fourth-order valence-electron chi connectivity index (χ4n) is 1.53. The van der Waals surface area contributed by atoms with Gasteiger partial charge >= 0.3 is 0 Å². The molecule has 0 spiro atoms. The molecule has 2 N–H and O–H groups in total. The molecule has 0 fully saturated rings. The summed E-state index contributed by atoms with van der Waals surface area (Å²) in [4.78, 5) is 15.2. The minimum Gasteiger partial charge on any atom is -0.374 e. The number of nitrogens with two attached hydrogens (primary N) is 1. The van der Waals surface area contributed by atoms with E-state index in [1.807, 2.05) is 12.1 Å². The van der Waals surface area contributed by atoms with Crippen LogP contribution in [-0.4, -0.2) is 33.3 Å². The van der Waals surface area contributed by atoms with Crippen molar-refractivity contribution in [3.05, 3.63) is 33.5 Å². The number of thiophene rings is 1. The number of halogens is 1. The summed E-state index contributed by atoms with van der Waals surface area (Å²) in [6.07, 6.45) is 1.73. The summed E-state index contributed by atoms with van der Waals surface area (Å²) in [6.45, 7) is 4.81. The molecule has 0 aliphatic carbocycles. The van der Waals surface area contributed by atoms with Crippen LogP contribution in [0.1, 0.15) is 4.88 Å². The number of rotatable bonds is 7. The summed E-state index contributed by atoms with van der Waals surface area (Å²) in [7, 11) is 0. The Hall–Kier alpha value is -0.900. The number of nitrogen functional groups attached to an aromatic ring is 1. The molecule has 0 saturated carbocycles. The summed E-state index contributed by atoms with van der Waals surface area (Å²) in [6, 6.07) is 3.99. The zero-order chi connectivity index (χ0) is 15.2. The molecule has 0 saturated heterocycles. The van der Waals surface area contributed by atoms with E-state index in [4.69, 9.17) is 5.73 Å². The Morgan fingerprint density at radius 1 is 1.48 bits per heavy atom. The highest BCUT2D eigenvalue weighted by Gasteiger charge is 2.15. The van der Waals surface area contributed by atoms with Gasteiger partial charge in [-0.25, -0.2) is 0 Å². The van der Waals surface area contributed by atoms with Gasteiger partial charge in [0.15, 0.2) is 4.34 Å². The van der Waals surface area contributed by atoms with Crippen LogP contribution < -0.4 is 5.73 Å². The van der Waals surface area contributed by atoms with E-state index in [9.17, 15) is 4.79 Å². The van der Waals surface area contributed by atoms with Crippen LogP contribution in [0.2, 0.25) is 0 Å². The van der Waals surface area contributed by atoms with Gasteiger partial charge in [0.1, 0.15) is 0 Å². The lowest BCUT2D eigenvalue weighted by atomic mass is 10.4. The number of carbonyl (C=O) groups excluding carboxylic acids is 1. The fraction of sp³-hybridized carbons (Fsp3) is 0.250. The van der Waals surface area contributed by atoms with Gasteiger partial charge in [0.05, 0.1) is 16.1 Å².